The van der Waals surface area contributed by atoms with E-state index >= 15 is 0 Å². The summed E-state index contributed by atoms with van der Waals surface area (Å²) in [5, 5.41) is 0. The Morgan fingerprint density at radius 3 is 2.28 bits per heavy atom. The summed E-state index contributed by atoms with van der Waals surface area (Å²) in [5.74, 6) is 3.31. The van der Waals surface area contributed by atoms with Crippen molar-refractivity contribution in [2.45, 2.75) is 65.5 Å². The van der Waals surface area contributed by atoms with Crippen molar-refractivity contribution in [3.8, 4) is 0 Å². The molecule has 0 aliphatic heterocycles. The standard InChI is InChI=1S/C16H32N2/c1-11(2)18(9-14-5-6-14)10-15-13(4)7-12(3)8-16(15)17/h11-16H,5-10,17H2,1-4H3. The lowest BCUT2D eigenvalue weighted by molar-refractivity contribution is 0.0979. The molecule has 0 aromatic carbocycles. The molecule has 0 saturated heterocycles. The van der Waals surface area contributed by atoms with E-state index in [1.165, 1.54) is 38.8 Å². The summed E-state index contributed by atoms with van der Waals surface area (Å²) in [6.07, 6.45) is 5.50. The highest BCUT2D eigenvalue weighted by Crippen LogP contribution is 2.35. The maximum Gasteiger partial charge on any atom is 0.00844 e. The normalized spacial score (nSPS) is 37.5. The number of hydrogen-bond acceptors (Lipinski definition) is 2. The molecule has 4 atom stereocenters. The molecule has 2 N–H and O–H groups in total. The van der Waals surface area contributed by atoms with Crippen molar-refractivity contribution >= 4 is 0 Å². The molecule has 2 aliphatic carbocycles. The Morgan fingerprint density at radius 2 is 1.78 bits per heavy atom. The molecule has 0 heterocycles. The van der Waals surface area contributed by atoms with E-state index < -0.39 is 0 Å². The van der Waals surface area contributed by atoms with Crippen LogP contribution in [0.3, 0.4) is 0 Å². The minimum atomic E-state index is 0.421. The molecule has 0 aromatic heterocycles. The Balaban J connectivity index is 1.91. The first-order chi connectivity index (χ1) is 8.47. The molecule has 2 nitrogen and oxygen atoms in total. The van der Waals surface area contributed by atoms with Gasteiger partial charge in [-0.3, -0.25) is 0 Å². The van der Waals surface area contributed by atoms with Gasteiger partial charge in [0.1, 0.15) is 0 Å². The smallest absolute Gasteiger partial charge is 0.00844 e. The molecule has 0 aromatic rings. The summed E-state index contributed by atoms with van der Waals surface area (Å²) in [6, 6.07) is 1.09. The minimum Gasteiger partial charge on any atom is -0.327 e. The maximum atomic E-state index is 6.43. The van der Waals surface area contributed by atoms with Crippen LogP contribution in [0.5, 0.6) is 0 Å². The highest BCUT2D eigenvalue weighted by molar-refractivity contribution is 4.89. The van der Waals surface area contributed by atoms with Gasteiger partial charge in [-0.15, -0.1) is 0 Å². The van der Waals surface area contributed by atoms with Crippen molar-refractivity contribution < 1.29 is 0 Å². The van der Waals surface area contributed by atoms with E-state index in [1.807, 2.05) is 0 Å². The monoisotopic (exact) mass is 252 g/mol. The lowest BCUT2D eigenvalue weighted by Gasteiger charge is -2.41. The van der Waals surface area contributed by atoms with Gasteiger partial charge in [0, 0.05) is 25.2 Å². The van der Waals surface area contributed by atoms with E-state index in [-0.39, 0.29) is 0 Å². The summed E-state index contributed by atoms with van der Waals surface area (Å²) < 4.78 is 0. The van der Waals surface area contributed by atoms with Crippen molar-refractivity contribution in [3.63, 3.8) is 0 Å². The summed E-state index contributed by atoms with van der Waals surface area (Å²) in [6.45, 7) is 12.0. The molecular formula is C16H32N2. The zero-order chi connectivity index (χ0) is 13.3. The van der Waals surface area contributed by atoms with E-state index in [1.54, 1.807) is 0 Å². The van der Waals surface area contributed by atoms with Crippen LogP contribution in [0.15, 0.2) is 0 Å². The molecule has 0 amide bonds. The lowest BCUT2D eigenvalue weighted by Crippen LogP contribution is -2.48. The van der Waals surface area contributed by atoms with E-state index in [0.717, 1.165) is 17.8 Å². The number of nitrogens with zero attached hydrogens (tertiary/aromatic N) is 1. The van der Waals surface area contributed by atoms with Crippen LogP contribution in [0.25, 0.3) is 0 Å². The summed E-state index contributed by atoms with van der Waals surface area (Å²) in [7, 11) is 0. The highest BCUT2D eigenvalue weighted by atomic mass is 15.2. The van der Waals surface area contributed by atoms with E-state index in [9.17, 15) is 0 Å². The Hall–Kier alpha value is -0.0800. The topological polar surface area (TPSA) is 29.3 Å². The molecule has 4 unspecified atom stereocenters. The first kappa shape index (κ1) is 14.3. The molecule has 0 bridgehead atoms. The van der Waals surface area contributed by atoms with Gasteiger partial charge < -0.3 is 10.6 Å². The summed E-state index contributed by atoms with van der Waals surface area (Å²) in [5.41, 5.74) is 6.43. The summed E-state index contributed by atoms with van der Waals surface area (Å²) >= 11 is 0. The van der Waals surface area contributed by atoms with Crippen LogP contribution >= 0.6 is 0 Å². The van der Waals surface area contributed by atoms with Crippen molar-refractivity contribution in [2.24, 2.45) is 29.4 Å². The lowest BCUT2D eigenvalue weighted by atomic mass is 9.72. The molecule has 0 radical (unpaired) electrons. The quantitative estimate of drug-likeness (QED) is 0.814. The summed E-state index contributed by atoms with van der Waals surface area (Å²) in [4.78, 5) is 2.69. The van der Waals surface area contributed by atoms with E-state index in [4.69, 9.17) is 5.73 Å². The fraction of sp³-hybridized carbons (Fsp3) is 1.00. The van der Waals surface area contributed by atoms with Crippen LogP contribution in [0, 0.1) is 23.7 Å². The fourth-order valence-electron chi connectivity index (χ4n) is 3.68. The zero-order valence-electron chi connectivity index (χ0n) is 12.7. The molecule has 0 spiro atoms. The van der Waals surface area contributed by atoms with Gasteiger partial charge in [0.2, 0.25) is 0 Å². The molecular weight excluding hydrogens is 220 g/mol. The van der Waals surface area contributed by atoms with Crippen LogP contribution in [0.4, 0.5) is 0 Å². The second-order valence-corrected chi connectivity index (χ2v) is 7.37. The molecule has 18 heavy (non-hydrogen) atoms. The largest absolute Gasteiger partial charge is 0.327 e. The highest BCUT2D eigenvalue weighted by Gasteiger charge is 2.34. The Labute approximate surface area is 113 Å². The molecule has 2 heteroatoms. The Kier molecular flexibility index (Phi) is 4.71. The Bertz CT molecular complexity index is 248. The molecule has 2 aliphatic rings. The van der Waals surface area contributed by atoms with Gasteiger partial charge in [-0.25, -0.2) is 0 Å². The average Bonchev–Trinajstić information content (AvgIpc) is 3.04. The number of nitrogens with two attached hydrogens (primary N) is 1. The third-order valence-electron chi connectivity index (χ3n) is 5.09. The second kappa shape index (κ2) is 5.92. The first-order valence-electron chi connectivity index (χ1n) is 7.97. The van der Waals surface area contributed by atoms with Gasteiger partial charge in [-0.05, 0) is 63.2 Å². The number of rotatable bonds is 5. The van der Waals surface area contributed by atoms with Crippen molar-refractivity contribution in [3.05, 3.63) is 0 Å². The van der Waals surface area contributed by atoms with E-state index in [2.05, 4.69) is 32.6 Å². The molecule has 106 valence electrons. The second-order valence-electron chi connectivity index (χ2n) is 7.37. The van der Waals surface area contributed by atoms with Crippen molar-refractivity contribution in [2.75, 3.05) is 13.1 Å². The van der Waals surface area contributed by atoms with Crippen LogP contribution in [-0.4, -0.2) is 30.1 Å². The SMILES string of the molecule is CC1CC(C)C(CN(CC2CC2)C(C)C)C(N)C1. The molecule has 2 rings (SSSR count). The maximum absolute atomic E-state index is 6.43. The van der Waals surface area contributed by atoms with Crippen LogP contribution in [0.2, 0.25) is 0 Å². The fourth-order valence-corrected chi connectivity index (χ4v) is 3.68. The molecule has 2 saturated carbocycles. The third-order valence-corrected chi connectivity index (χ3v) is 5.09. The minimum absolute atomic E-state index is 0.421. The van der Waals surface area contributed by atoms with Gasteiger partial charge in [0.15, 0.2) is 0 Å². The van der Waals surface area contributed by atoms with Crippen LogP contribution < -0.4 is 5.73 Å². The zero-order valence-corrected chi connectivity index (χ0v) is 12.7. The van der Waals surface area contributed by atoms with E-state index in [0.29, 0.717) is 18.0 Å². The van der Waals surface area contributed by atoms with Crippen molar-refractivity contribution in [1.29, 1.82) is 0 Å². The van der Waals surface area contributed by atoms with Gasteiger partial charge in [0.05, 0.1) is 0 Å². The van der Waals surface area contributed by atoms with Gasteiger partial charge in [0.25, 0.3) is 0 Å². The Morgan fingerprint density at radius 1 is 1.11 bits per heavy atom. The number of hydrogen-bond donors (Lipinski definition) is 1. The van der Waals surface area contributed by atoms with Crippen molar-refractivity contribution in [1.82, 2.24) is 4.90 Å². The predicted molar refractivity (Wildman–Crippen MR) is 78.5 cm³/mol. The predicted octanol–water partition coefficient (Wildman–Crippen LogP) is 3.12. The van der Waals surface area contributed by atoms with Crippen LogP contribution in [0.1, 0.15) is 53.4 Å². The van der Waals surface area contributed by atoms with Gasteiger partial charge in [-0.2, -0.15) is 0 Å². The third kappa shape index (κ3) is 3.71. The van der Waals surface area contributed by atoms with Crippen LogP contribution in [-0.2, 0) is 0 Å². The van der Waals surface area contributed by atoms with Gasteiger partial charge >= 0.3 is 0 Å². The average molecular weight is 252 g/mol. The first-order valence-corrected chi connectivity index (χ1v) is 7.97. The molecule has 2 fully saturated rings. The van der Waals surface area contributed by atoms with Gasteiger partial charge in [-0.1, -0.05) is 13.8 Å².